The summed E-state index contributed by atoms with van der Waals surface area (Å²) in [6, 6.07) is 9.07. The molecule has 2 aliphatic heterocycles. The summed E-state index contributed by atoms with van der Waals surface area (Å²) in [5.41, 5.74) is 1.12. The highest BCUT2D eigenvalue weighted by atomic mass is 35.5. The first-order valence-corrected chi connectivity index (χ1v) is 10.3. The van der Waals surface area contributed by atoms with Crippen molar-refractivity contribution in [3.05, 3.63) is 52.9 Å². The molecule has 2 aromatic rings. The SMILES string of the molecule is O=C(NC[C@@H](c1ccco1)[NH+]1CCCC1)c1ccc(Cl)c(N2CCCC2=O)c1. The Morgan fingerprint density at radius 2 is 2.07 bits per heavy atom. The predicted molar refractivity (Wildman–Crippen MR) is 107 cm³/mol. The van der Waals surface area contributed by atoms with Crippen molar-refractivity contribution < 1.29 is 18.9 Å². The summed E-state index contributed by atoms with van der Waals surface area (Å²) in [5.74, 6) is 0.784. The molecule has 2 amide bonds. The van der Waals surface area contributed by atoms with Gasteiger partial charge in [-0.3, -0.25) is 9.59 Å². The Balaban J connectivity index is 1.47. The third-order valence-electron chi connectivity index (χ3n) is 5.66. The molecule has 1 atom stereocenters. The summed E-state index contributed by atoms with van der Waals surface area (Å²) in [5, 5.41) is 3.53. The number of nitrogens with zero attached hydrogens (tertiary/aromatic N) is 1. The number of benzene rings is 1. The van der Waals surface area contributed by atoms with E-state index in [1.807, 2.05) is 12.1 Å². The fourth-order valence-electron chi connectivity index (χ4n) is 4.17. The van der Waals surface area contributed by atoms with E-state index >= 15 is 0 Å². The van der Waals surface area contributed by atoms with Crippen LogP contribution in [0.1, 0.15) is 47.8 Å². The molecule has 0 unspecified atom stereocenters. The molecule has 148 valence electrons. The van der Waals surface area contributed by atoms with Gasteiger partial charge in [-0.25, -0.2) is 0 Å². The summed E-state index contributed by atoms with van der Waals surface area (Å²) in [7, 11) is 0. The van der Waals surface area contributed by atoms with Crippen molar-refractivity contribution in [2.75, 3.05) is 31.1 Å². The number of nitrogens with one attached hydrogen (secondary N) is 2. The fraction of sp³-hybridized carbons (Fsp3) is 0.429. The molecule has 1 aromatic heterocycles. The Labute approximate surface area is 169 Å². The molecule has 6 nitrogen and oxygen atoms in total. The van der Waals surface area contributed by atoms with E-state index in [4.69, 9.17) is 16.0 Å². The molecule has 28 heavy (non-hydrogen) atoms. The summed E-state index contributed by atoms with van der Waals surface area (Å²) in [4.78, 5) is 28.0. The summed E-state index contributed by atoms with van der Waals surface area (Å²) >= 11 is 6.29. The third kappa shape index (κ3) is 3.93. The van der Waals surface area contributed by atoms with Gasteiger partial charge in [-0.05, 0) is 36.8 Å². The van der Waals surface area contributed by atoms with Crippen LogP contribution in [0.4, 0.5) is 5.69 Å². The van der Waals surface area contributed by atoms with Gasteiger partial charge in [0.1, 0.15) is 0 Å². The molecule has 3 heterocycles. The Bertz CT molecular complexity index is 847. The van der Waals surface area contributed by atoms with Crippen LogP contribution in [0.15, 0.2) is 41.0 Å². The molecule has 0 saturated carbocycles. The minimum absolute atomic E-state index is 0.0509. The van der Waals surface area contributed by atoms with Crippen LogP contribution in [-0.2, 0) is 4.79 Å². The highest BCUT2D eigenvalue weighted by molar-refractivity contribution is 6.34. The van der Waals surface area contributed by atoms with E-state index in [9.17, 15) is 9.59 Å². The van der Waals surface area contributed by atoms with Gasteiger partial charge in [0, 0.05) is 31.4 Å². The number of rotatable bonds is 6. The molecular formula is C21H25ClN3O3+. The van der Waals surface area contributed by atoms with Crippen LogP contribution in [0.3, 0.4) is 0 Å². The molecule has 1 aromatic carbocycles. The van der Waals surface area contributed by atoms with Gasteiger partial charge in [0.25, 0.3) is 5.91 Å². The van der Waals surface area contributed by atoms with E-state index in [1.54, 1.807) is 29.4 Å². The number of halogens is 1. The van der Waals surface area contributed by atoms with Crippen LogP contribution < -0.4 is 15.1 Å². The molecule has 0 bridgehead atoms. The highest BCUT2D eigenvalue weighted by Gasteiger charge is 2.30. The number of anilines is 1. The molecule has 0 radical (unpaired) electrons. The zero-order valence-electron chi connectivity index (χ0n) is 15.7. The Kier molecular flexibility index (Phi) is 5.69. The molecule has 4 rings (SSSR count). The lowest BCUT2D eigenvalue weighted by Crippen LogP contribution is -3.11. The lowest BCUT2D eigenvalue weighted by molar-refractivity contribution is -0.919. The molecular weight excluding hydrogens is 378 g/mol. The van der Waals surface area contributed by atoms with Crippen molar-refractivity contribution in [3.8, 4) is 0 Å². The average molecular weight is 403 g/mol. The van der Waals surface area contributed by atoms with E-state index in [0.29, 0.717) is 35.8 Å². The van der Waals surface area contributed by atoms with Crippen molar-refractivity contribution in [3.63, 3.8) is 0 Å². The summed E-state index contributed by atoms with van der Waals surface area (Å²) in [6.07, 6.45) is 5.42. The van der Waals surface area contributed by atoms with Crippen LogP contribution in [0.5, 0.6) is 0 Å². The van der Waals surface area contributed by atoms with E-state index in [0.717, 1.165) is 25.3 Å². The van der Waals surface area contributed by atoms with Crippen molar-refractivity contribution in [2.24, 2.45) is 0 Å². The standard InChI is InChI=1S/C21H24ClN3O3/c22-16-8-7-15(13-17(16)25-11-3-6-20(25)26)21(27)23-14-18(19-5-4-12-28-19)24-9-1-2-10-24/h4-5,7-8,12-13,18H,1-3,6,9-11,14H2,(H,23,27)/p+1/t18-/m0/s1. The van der Waals surface area contributed by atoms with Gasteiger partial charge in [0.15, 0.2) is 11.8 Å². The van der Waals surface area contributed by atoms with Gasteiger partial charge >= 0.3 is 0 Å². The van der Waals surface area contributed by atoms with Gasteiger partial charge in [0.05, 0.1) is 36.6 Å². The number of likely N-dealkylation sites (tertiary alicyclic amines) is 1. The zero-order valence-corrected chi connectivity index (χ0v) is 16.5. The van der Waals surface area contributed by atoms with Gasteiger partial charge in [-0.1, -0.05) is 11.6 Å². The van der Waals surface area contributed by atoms with Crippen LogP contribution in [0.2, 0.25) is 5.02 Å². The quantitative estimate of drug-likeness (QED) is 0.778. The van der Waals surface area contributed by atoms with Gasteiger partial charge in [-0.15, -0.1) is 0 Å². The molecule has 2 fully saturated rings. The minimum Gasteiger partial charge on any atom is -0.463 e. The van der Waals surface area contributed by atoms with Crippen LogP contribution in [0.25, 0.3) is 0 Å². The average Bonchev–Trinajstić information content (AvgIpc) is 3.45. The molecule has 7 heteroatoms. The number of carbonyl (C=O) groups is 2. The number of amides is 2. The maximum atomic E-state index is 12.8. The monoisotopic (exact) mass is 402 g/mol. The van der Waals surface area contributed by atoms with E-state index < -0.39 is 0 Å². The van der Waals surface area contributed by atoms with Crippen LogP contribution in [-0.4, -0.2) is 38.0 Å². The van der Waals surface area contributed by atoms with Crippen LogP contribution in [0, 0.1) is 0 Å². The first-order valence-electron chi connectivity index (χ1n) is 9.89. The number of quaternary nitrogens is 1. The fourth-order valence-corrected chi connectivity index (χ4v) is 4.39. The summed E-state index contributed by atoms with van der Waals surface area (Å²) < 4.78 is 5.63. The molecule has 2 saturated heterocycles. The van der Waals surface area contributed by atoms with Crippen molar-refractivity contribution in [1.82, 2.24) is 5.32 Å². The first-order chi connectivity index (χ1) is 13.6. The van der Waals surface area contributed by atoms with Crippen LogP contribution >= 0.6 is 11.6 Å². The topological polar surface area (TPSA) is 67.0 Å². The lowest BCUT2D eigenvalue weighted by atomic mass is 10.1. The maximum Gasteiger partial charge on any atom is 0.251 e. The Hall–Kier alpha value is -2.31. The smallest absolute Gasteiger partial charge is 0.251 e. The molecule has 0 spiro atoms. The minimum atomic E-state index is -0.167. The second-order valence-corrected chi connectivity index (χ2v) is 7.87. The normalized spacial score (nSPS) is 18.6. The molecule has 2 aliphatic rings. The second kappa shape index (κ2) is 8.37. The Morgan fingerprint density at radius 1 is 1.25 bits per heavy atom. The molecule has 2 N–H and O–H groups in total. The number of hydrogen-bond acceptors (Lipinski definition) is 3. The predicted octanol–water partition coefficient (Wildman–Crippen LogP) is 2.21. The van der Waals surface area contributed by atoms with Gasteiger partial charge in [-0.2, -0.15) is 0 Å². The van der Waals surface area contributed by atoms with Crippen molar-refractivity contribution in [2.45, 2.75) is 31.7 Å². The zero-order chi connectivity index (χ0) is 19.5. The van der Waals surface area contributed by atoms with Gasteiger partial charge in [0.2, 0.25) is 5.91 Å². The largest absolute Gasteiger partial charge is 0.463 e. The third-order valence-corrected chi connectivity index (χ3v) is 5.98. The number of carbonyl (C=O) groups excluding carboxylic acids is 2. The van der Waals surface area contributed by atoms with Gasteiger partial charge < -0.3 is 19.5 Å². The maximum absolute atomic E-state index is 12.8. The van der Waals surface area contributed by atoms with Crippen molar-refractivity contribution >= 4 is 29.1 Å². The summed E-state index contributed by atoms with van der Waals surface area (Å²) in [6.45, 7) is 3.32. The lowest BCUT2D eigenvalue weighted by Gasteiger charge is -2.23. The Morgan fingerprint density at radius 3 is 2.75 bits per heavy atom. The van der Waals surface area contributed by atoms with E-state index in [-0.39, 0.29) is 17.9 Å². The van der Waals surface area contributed by atoms with E-state index in [2.05, 4.69) is 5.32 Å². The highest BCUT2D eigenvalue weighted by Crippen LogP contribution is 2.30. The number of furan rings is 1. The first kappa shape index (κ1) is 19.0. The number of hydrogen-bond donors (Lipinski definition) is 2. The van der Waals surface area contributed by atoms with Crippen molar-refractivity contribution in [1.29, 1.82) is 0 Å². The van der Waals surface area contributed by atoms with E-state index in [1.165, 1.54) is 17.7 Å². The molecule has 0 aliphatic carbocycles. The second-order valence-electron chi connectivity index (χ2n) is 7.46.